The quantitative estimate of drug-likeness (QED) is 0.650. The van der Waals surface area contributed by atoms with Crippen LogP contribution in [0.25, 0.3) is 0 Å². The molecule has 0 bridgehead atoms. The van der Waals surface area contributed by atoms with E-state index in [2.05, 4.69) is 19.0 Å². The summed E-state index contributed by atoms with van der Waals surface area (Å²) in [5.74, 6) is 2.79. The second-order valence-corrected chi connectivity index (χ2v) is 4.31. The minimum atomic E-state index is 0.470. The van der Waals surface area contributed by atoms with E-state index in [4.69, 9.17) is 16.1 Å². The first-order valence-corrected chi connectivity index (χ1v) is 5.29. The molecule has 1 aromatic heterocycles. The summed E-state index contributed by atoms with van der Waals surface area (Å²) in [4.78, 5) is 0. The molecule has 1 aromatic rings. The van der Waals surface area contributed by atoms with E-state index in [0.29, 0.717) is 17.7 Å². The van der Waals surface area contributed by atoms with Crippen LogP contribution in [0.3, 0.4) is 0 Å². The molecule has 0 saturated carbocycles. The Labute approximate surface area is 83.2 Å². The summed E-state index contributed by atoms with van der Waals surface area (Å²) in [5, 5.41) is 3.99. The van der Waals surface area contributed by atoms with E-state index in [9.17, 15) is 0 Å². The lowest BCUT2D eigenvalue weighted by atomic mass is 9.81. The van der Waals surface area contributed by atoms with Crippen molar-refractivity contribution in [3.63, 3.8) is 0 Å². The van der Waals surface area contributed by atoms with Crippen molar-refractivity contribution in [2.45, 2.75) is 38.5 Å². The van der Waals surface area contributed by atoms with Crippen molar-refractivity contribution in [3.05, 3.63) is 17.0 Å². The third-order valence-electron chi connectivity index (χ3n) is 2.79. The van der Waals surface area contributed by atoms with Gasteiger partial charge in [0.1, 0.15) is 11.5 Å². The standard InChI is InChI=1S/C10H14ClNO/c1-6-3-7(2)10-8(5-11)12-13-9(10)4-6/h6-7H,3-5H2,1-2H3. The van der Waals surface area contributed by atoms with Crippen molar-refractivity contribution in [2.24, 2.45) is 5.92 Å². The molecule has 1 heterocycles. The Morgan fingerprint density at radius 2 is 2.31 bits per heavy atom. The number of hydrogen-bond acceptors (Lipinski definition) is 2. The van der Waals surface area contributed by atoms with E-state index < -0.39 is 0 Å². The van der Waals surface area contributed by atoms with Gasteiger partial charge in [0.15, 0.2) is 0 Å². The van der Waals surface area contributed by atoms with Crippen molar-refractivity contribution in [2.75, 3.05) is 0 Å². The number of alkyl halides is 1. The third-order valence-corrected chi connectivity index (χ3v) is 3.04. The number of rotatable bonds is 1. The molecule has 0 aliphatic heterocycles. The van der Waals surface area contributed by atoms with E-state index >= 15 is 0 Å². The average molecular weight is 200 g/mol. The third kappa shape index (κ3) is 1.48. The molecule has 0 aromatic carbocycles. The summed E-state index contributed by atoms with van der Waals surface area (Å²) in [6.45, 7) is 4.48. The summed E-state index contributed by atoms with van der Waals surface area (Å²) in [6, 6.07) is 0. The number of hydrogen-bond donors (Lipinski definition) is 0. The molecule has 13 heavy (non-hydrogen) atoms. The maximum absolute atomic E-state index is 5.78. The van der Waals surface area contributed by atoms with Gasteiger partial charge in [-0.2, -0.15) is 0 Å². The first-order valence-electron chi connectivity index (χ1n) is 4.75. The normalized spacial score (nSPS) is 27.3. The highest BCUT2D eigenvalue weighted by atomic mass is 35.5. The van der Waals surface area contributed by atoms with Crippen LogP contribution in [0.2, 0.25) is 0 Å². The zero-order valence-corrected chi connectivity index (χ0v) is 8.77. The van der Waals surface area contributed by atoms with Gasteiger partial charge in [-0.3, -0.25) is 0 Å². The lowest BCUT2D eigenvalue weighted by Crippen LogP contribution is -2.13. The zero-order chi connectivity index (χ0) is 9.42. The Hall–Kier alpha value is -0.500. The van der Waals surface area contributed by atoms with Gasteiger partial charge in [-0.05, 0) is 18.3 Å². The van der Waals surface area contributed by atoms with Gasteiger partial charge in [0.05, 0.1) is 5.88 Å². The summed E-state index contributed by atoms with van der Waals surface area (Å²) in [7, 11) is 0. The predicted octanol–water partition coefficient (Wildman–Crippen LogP) is 3.10. The van der Waals surface area contributed by atoms with Crippen LogP contribution in [0.5, 0.6) is 0 Å². The lowest BCUT2D eigenvalue weighted by molar-refractivity contribution is 0.333. The smallest absolute Gasteiger partial charge is 0.140 e. The molecule has 2 unspecified atom stereocenters. The van der Waals surface area contributed by atoms with Gasteiger partial charge in [-0.15, -0.1) is 11.6 Å². The number of aromatic nitrogens is 1. The molecule has 0 saturated heterocycles. The Balaban J connectivity index is 2.40. The predicted molar refractivity (Wildman–Crippen MR) is 52.0 cm³/mol. The Morgan fingerprint density at radius 1 is 1.54 bits per heavy atom. The van der Waals surface area contributed by atoms with Crippen molar-refractivity contribution in [3.8, 4) is 0 Å². The lowest BCUT2D eigenvalue weighted by Gasteiger charge is -2.22. The number of halogens is 1. The van der Waals surface area contributed by atoms with Crippen molar-refractivity contribution in [1.29, 1.82) is 0 Å². The molecule has 0 radical (unpaired) electrons. The van der Waals surface area contributed by atoms with E-state index in [0.717, 1.165) is 17.9 Å². The topological polar surface area (TPSA) is 26.0 Å². The van der Waals surface area contributed by atoms with Crippen LogP contribution in [0.1, 0.15) is 43.2 Å². The summed E-state index contributed by atoms with van der Waals surface area (Å²) < 4.78 is 5.28. The van der Waals surface area contributed by atoms with Crippen molar-refractivity contribution >= 4 is 11.6 Å². The molecule has 0 amide bonds. The van der Waals surface area contributed by atoms with E-state index in [1.54, 1.807) is 0 Å². The second-order valence-electron chi connectivity index (χ2n) is 4.05. The molecule has 1 aliphatic carbocycles. The van der Waals surface area contributed by atoms with E-state index in [1.807, 2.05) is 0 Å². The summed E-state index contributed by atoms with van der Waals surface area (Å²) in [5.41, 5.74) is 2.21. The summed E-state index contributed by atoms with van der Waals surface area (Å²) >= 11 is 5.78. The van der Waals surface area contributed by atoms with Gasteiger partial charge in [-0.1, -0.05) is 19.0 Å². The average Bonchev–Trinajstić information content (AvgIpc) is 2.47. The molecular formula is C10H14ClNO. The van der Waals surface area contributed by atoms with E-state index in [-0.39, 0.29) is 0 Å². The summed E-state index contributed by atoms with van der Waals surface area (Å²) in [6.07, 6.45) is 2.24. The van der Waals surface area contributed by atoms with Gasteiger partial charge < -0.3 is 4.52 Å². The number of fused-ring (bicyclic) bond motifs is 1. The van der Waals surface area contributed by atoms with Gasteiger partial charge in [0.2, 0.25) is 0 Å². The SMILES string of the molecule is CC1Cc2onc(CCl)c2C(C)C1. The minimum absolute atomic E-state index is 0.470. The van der Waals surface area contributed by atoms with Crippen LogP contribution < -0.4 is 0 Å². The molecule has 3 heteroatoms. The monoisotopic (exact) mass is 199 g/mol. The highest BCUT2D eigenvalue weighted by Crippen LogP contribution is 2.36. The fraction of sp³-hybridized carbons (Fsp3) is 0.700. The van der Waals surface area contributed by atoms with Gasteiger partial charge in [0.25, 0.3) is 0 Å². The molecule has 0 spiro atoms. The fourth-order valence-corrected chi connectivity index (χ4v) is 2.49. The van der Waals surface area contributed by atoms with Crippen LogP contribution in [0.4, 0.5) is 0 Å². The molecular weight excluding hydrogens is 186 g/mol. The highest BCUT2D eigenvalue weighted by Gasteiger charge is 2.28. The molecule has 0 fully saturated rings. The molecule has 0 N–H and O–H groups in total. The largest absolute Gasteiger partial charge is 0.361 e. The van der Waals surface area contributed by atoms with Crippen LogP contribution in [-0.2, 0) is 12.3 Å². The molecule has 1 aliphatic rings. The van der Waals surface area contributed by atoms with Crippen LogP contribution in [0, 0.1) is 5.92 Å². The fourth-order valence-electron chi connectivity index (χ4n) is 2.29. The molecule has 2 rings (SSSR count). The van der Waals surface area contributed by atoms with Gasteiger partial charge in [-0.25, -0.2) is 0 Å². The Morgan fingerprint density at radius 3 is 3.00 bits per heavy atom. The van der Waals surface area contributed by atoms with Gasteiger partial charge in [0, 0.05) is 12.0 Å². The van der Waals surface area contributed by atoms with Crippen molar-refractivity contribution < 1.29 is 4.52 Å². The minimum Gasteiger partial charge on any atom is -0.361 e. The number of nitrogens with zero attached hydrogens (tertiary/aromatic N) is 1. The zero-order valence-electron chi connectivity index (χ0n) is 8.01. The Kier molecular flexibility index (Phi) is 2.33. The molecule has 2 nitrogen and oxygen atoms in total. The highest BCUT2D eigenvalue weighted by molar-refractivity contribution is 6.17. The second kappa shape index (κ2) is 3.33. The first-order chi connectivity index (χ1) is 6.22. The molecule has 72 valence electrons. The molecule has 2 atom stereocenters. The van der Waals surface area contributed by atoms with Crippen molar-refractivity contribution in [1.82, 2.24) is 5.16 Å². The first kappa shape index (κ1) is 9.07. The maximum Gasteiger partial charge on any atom is 0.140 e. The Bertz CT molecular complexity index is 308. The van der Waals surface area contributed by atoms with Crippen LogP contribution in [-0.4, -0.2) is 5.16 Å². The van der Waals surface area contributed by atoms with E-state index in [1.165, 1.54) is 12.0 Å². The maximum atomic E-state index is 5.78. The van der Waals surface area contributed by atoms with Crippen LogP contribution in [0.15, 0.2) is 4.52 Å². The van der Waals surface area contributed by atoms with Gasteiger partial charge >= 0.3 is 0 Å². The van der Waals surface area contributed by atoms with Crippen LogP contribution >= 0.6 is 11.6 Å².